The third-order valence-electron chi connectivity index (χ3n) is 7.70. The van der Waals surface area contributed by atoms with E-state index in [1.807, 2.05) is 91.0 Å². The fourth-order valence-electron chi connectivity index (χ4n) is 5.83. The Bertz CT molecular complexity index is 1560. The van der Waals surface area contributed by atoms with Crippen molar-refractivity contribution < 1.29 is 23.8 Å². The first kappa shape index (κ1) is 26.5. The minimum absolute atomic E-state index is 0.0480. The van der Waals surface area contributed by atoms with E-state index < -0.39 is 23.7 Å². The van der Waals surface area contributed by atoms with Crippen LogP contribution >= 0.6 is 0 Å². The first-order valence-corrected chi connectivity index (χ1v) is 13.6. The Morgan fingerprint density at radius 3 is 2.15 bits per heavy atom. The Morgan fingerprint density at radius 1 is 0.927 bits per heavy atom. The first-order valence-electron chi connectivity index (χ1n) is 13.6. The molecule has 2 aliphatic rings. The van der Waals surface area contributed by atoms with Gasteiger partial charge in [-0.3, -0.25) is 9.59 Å². The number of fused-ring (bicyclic) bond motifs is 2. The van der Waals surface area contributed by atoms with E-state index in [4.69, 9.17) is 14.2 Å². The topological polar surface area (TPSA) is 87.1 Å². The van der Waals surface area contributed by atoms with Crippen molar-refractivity contribution in [2.45, 2.75) is 31.2 Å². The smallest absolute Gasteiger partial charge is 0.343 e. The maximum Gasteiger partial charge on any atom is 0.343 e. The summed E-state index contributed by atoms with van der Waals surface area (Å²) in [6.45, 7) is 1.01. The van der Waals surface area contributed by atoms with E-state index in [2.05, 4.69) is 0 Å². The largest absolute Gasteiger partial charge is 0.483 e. The second-order valence-electron chi connectivity index (χ2n) is 10.1. The normalized spacial score (nSPS) is 18.0. The van der Waals surface area contributed by atoms with Crippen molar-refractivity contribution in [3.63, 3.8) is 0 Å². The van der Waals surface area contributed by atoms with E-state index in [9.17, 15) is 14.4 Å². The van der Waals surface area contributed by atoms with Gasteiger partial charge in [0.05, 0.1) is 19.8 Å². The molecular formula is C33H30N2O6. The van der Waals surface area contributed by atoms with Gasteiger partial charge >= 0.3 is 5.97 Å². The molecule has 208 valence electrons. The van der Waals surface area contributed by atoms with E-state index in [-0.39, 0.29) is 35.4 Å². The summed E-state index contributed by atoms with van der Waals surface area (Å²) >= 11 is 0. The van der Waals surface area contributed by atoms with E-state index in [0.717, 1.165) is 16.7 Å². The molecule has 41 heavy (non-hydrogen) atoms. The number of amides is 1. The van der Waals surface area contributed by atoms with Crippen LogP contribution in [0.4, 0.5) is 0 Å². The van der Waals surface area contributed by atoms with Crippen LogP contribution in [0, 0.1) is 0 Å². The Morgan fingerprint density at radius 2 is 1.54 bits per heavy atom. The van der Waals surface area contributed by atoms with Crippen molar-refractivity contribution in [1.82, 2.24) is 9.47 Å². The van der Waals surface area contributed by atoms with Crippen molar-refractivity contribution in [1.29, 1.82) is 0 Å². The summed E-state index contributed by atoms with van der Waals surface area (Å²) in [5.74, 6) is -1.63. The van der Waals surface area contributed by atoms with E-state index in [1.165, 1.54) is 13.3 Å². The van der Waals surface area contributed by atoms with Gasteiger partial charge in [-0.05, 0) is 23.1 Å². The molecule has 1 aromatic heterocycles. The zero-order chi connectivity index (χ0) is 28.3. The fraction of sp³-hybridized carbons (Fsp3) is 0.242. The van der Waals surface area contributed by atoms with Gasteiger partial charge in [0.15, 0.2) is 17.7 Å². The molecule has 0 unspecified atom stereocenters. The van der Waals surface area contributed by atoms with Gasteiger partial charge < -0.3 is 23.7 Å². The molecule has 1 amide bonds. The number of hydrogen-bond acceptors (Lipinski definition) is 6. The number of esters is 1. The second-order valence-corrected chi connectivity index (χ2v) is 10.1. The van der Waals surface area contributed by atoms with Crippen LogP contribution in [-0.4, -0.2) is 47.8 Å². The highest BCUT2D eigenvalue weighted by Gasteiger charge is 2.48. The van der Waals surface area contributed by atoms with Crippen LogP contribution in [0.1, 0.15) is 55.9 Å². The van der Waals surface area contributed by atoms with Gasteiger partial charge in [0.1, 0.15) is 12.2 Å². The lowest BCUT2D eigenvalue weighted by Crippen LogP contribution is -2.57. The molecule has 1 fully saturated rings. The van der Waals surface area contributed by atoms with Crippen LogP contribution < -0.4 is 10.2 Å². The molecule has 0 spiro atoms. The minimum Gasteiger partial charge on any atom is -0.483 e. The lowest BCUT2D eigenvalue weighted by Gasteiger charge is -2.48. The van der Waals surface area contributed by atoms with Crippen molar-refractivity contribution in [2.75, 3.05) is 20.3 Å². The van der Waals surface area contributed by atoms with Gasteiger partial charge in [-0.2, -0.15) is 0 Å². The molecule has 1 saturated heterocycles. The number of carbonyl (C=O) groups excluding carboxylic acids is 2. The molecule has 6 rings (SSSR count). The average molecular weight is 551 g/mol. The molecule has 4 aromatic rings. The lowest BCUT2D eigenvalue weighted by molar-refractivity contribution is -0.114. The Labute approximate surface area is 237 Å². The number of aromatic nitrogens is 1. The molecule has 0 saturated carbocycles. The summed E-state index contributed by atoms with van der Waals surface area (Å²) in [6.07, 6.45) is 1.47. The number of benzene rings is 3. The average Bonchev–Trinajstić information content (AvgIpc) is 3.03. The number of ether oxygens (including phenoxy) is 3. The van der Waals surface area contributed by atoms with Crippen molar-refractivity contribution in [3.8, 4) is 5.75 Å². The van der Waals surface area contributed by atoms with E-state index in [1.54, 1.807) is 9.47 Å². The minimum atomic E-state index is -0.802. The van der Waals surface area contributed by atoms with Crippen LogP contribution in [0.15, 0.2) is 102 Å². The first-order chi connectivity index (χ1) is 20.1. The highest BCUT2D eigenvalue weighted by atomic mass is 16.5. The summed E-state index contributed by atoms with van der Waals surface area (Å²) in [5, 5.41) is 0. The van der Waals surface area contributed by atoms with E-state index in [0.29, 0.717) is 19.6 Å². The number of rotatable bonds is 7. The fourth-order valence-corrected chi connectivity index (χ4v) is 5.83. The summed E-state index contributed by atoms with van der Waals surface area (Å²) in [7, 11) is 1.22. The van der Waals surface area contributed by atoms with Gasteiger partial charge in [0, 0.05) is 18.7 Å². The number of nitrogens with zero attached hydrogens (tertiary/aromatic N) is 2. The molecule has 0 bridgehead atoms. The predicted molar refractivity (Wildman–Crippen MR) is 152 cm³/mol. The molecule has 0 aliphatic carbocycles. The lowest BCUT2D eigenvalue weighted by atomic mass is 9.82. The molecule has 2 atom stereocenters. The highest BCUT2D eigenvalue weighted by molar-refractivity contribution is 5.98. The quantitative estimate of drug-likeness (QED) is 0.308. The third kappa shape index (κ3) is 4.91. The number of methoxy groups -OCH3 is 1. The maximum atomic E-state index is 14.1. The Balaban J connectivity index is 1.61. The molecule has 3 heterocycles. The maximum absolute atomic E-state index is 14.1. The second kappa shape index (κ2) is 11.4. The monoisotopic (exact) mass is 550 g/mol. The zero-order valence-electron chi connectivity index (χ0n) is 22.6. The molecular weight excluding hydrogens is 520 g/mol. The number of pyridine rings is 1. The molecule has 8 nitrogen and oxygen atoms in total. The zero-order valence-corrected chi connectivity index (χ0v) is 22.6. The highest BCUT2D eigenvalue weighted by Crippen LogP contribution is 2.44. The molecule has 2 aliphatic heterocycles. The van der Waals surface area contributed by atoms with Gasteiger partial charge in [-0.1, -0.05) is 91.0 Å². The Kier molecular flexibility index (Phi) is 7.39. The van der Waals surface area contributed by atoms with Crippen molar-refractivity contribution >= 4 is 11.9 Å². The summed E-state index contributed by atoms with van der Waals surface area (Å²) in [4.78, 5) is 42.5. The van der Waals surface area contributed by atoms with Gasteiger partial charge in [0.25, 0.3) is 5.91 Å². The van der Waals surface area contributed by atoms with E-state index >= 15 is 0 Å². The summed E-state index contributed by atoms with van der Waals surface area (Å²) in [6, 6.07) is 28.8. The van der Waals surface area contributed by atoms with Gasteiger partial charge in [-0.25, -0.2) is 4.79 Å². The van der Waals surface area contributed by atoms with Gasteiger partial charge in [-0.15, -0.1) is 0 Å². The van der Waals surface area contributed by atoms with Crippen molar-refractivity contribution in [3.05, 3.63) is 135 Å². The van der Waals surface area contributed by atoms with Crippen LogP contribution in [0.3, 0.4) is 0 Å². The van der Waals surface area contributed by atoms with Crippen molar-refractivity contribution in [2.24, 2.45) is 0 Å². The predicted octanol–water partition coefficient (Wildman–Crippen LogP) is 4.79. The SMILES string of the molecule is COC(=O)c1cn2c(c(OCc3ccccc3)c1=O)C(=O)N1CCCO[C@H]1[C@@H]2C(c1ccccc1)c1ccccc1. The van der Waals surface area contributed by atoms with Crippen LogP contribution in [0.5, 0.6) is 5.75 Å². The molecule has 3 aromatic carbocycles. The third-order valence-corrected chi connectivity index (χ3v) is 7.70. The van der Waals surface area contributed by atoms with Gasteiger partial charge in [0.2, 0.25) is 5.43 Å². The standard InChI is InChI=1S/C33H30N2O6/c1-39-33(38)25-20-35-27(26(23-14-7-3-8-15-23)24-16-9-4-10-17-24)32-34(18-11-19-40-32)31(37)28(35)30(29(25)36)41-21-22-12-5-2-6-13-22/h2-10,12-17,20,26-27,32H,11,18-19,21H2,1H3/t27-,32-/m0/s1. The molecule has 0 radical (unpaired) electrons. The Hall–Kier alpha value is -4.69. The van der Waals surface area contributed by atoms with Crippen LogP contribution in [0.2, 0.25) is 0 Å². The molecule has 8 heteroatoms. The summed E-state index contributed by atoms with van der Waals surface area (Å²) in [5.41, 5.74) is 2.04. The number of carbonyl (C=O) groups is 2. The summed E-state index contributed by atoms with van der Waals surface area (Å²) < 4.78 is 19.1. The molecule has 0 N–H and O–H groups in total. The van der Waals surface area contributed by atoms with Crippen LogP contribution in [-0.2, 0) is 16.1 Å². The number of hydrogen-bond donors (Lipinski definition) is 0. The van der Waals surface area contributed by atoms with Crippen LogP contribution in [0.25, 0.3) is 0 Å².